The van der Waals surface area contributed by atoms with Gasteiger partial charge in [-0.1, -0.05) is 33.4 Å². The molecule has 9 nitrogen and oxygen atoms in total. The number of anilines is 2. The lowest BCUT2D eigenvalue weighted by Gasteiger charge is -2.28. The van der Waals surface area contributed by atoms with Gasteiger partial charge in [-0.3, -0.25) is 15.0 Å². The van der Waals surface area contributed by atoms with Crippen LogP contribution in [0.2, 0.25) is 0 Å². The van der Waals surface area contributed by atoms with E-state index < -0.39 is 17.8 Å². The van der Waals surface area contributed by atoms with Crippen molar-refractivity contribution in [3.8, 4) is 12.1 Å². The summed E-state index contributed by atoms with van der Waals surface area (Å²) in [6.45, 7) is 14.5. The summed E-state index contributed by atoms with van der Waals surface area (Å²) in [6.07, 6.45) is 1.73. The van der Waals surface area contributed by atoms with Crippen molar-refractivity contribution in [3.63, 3.8) is 0 Å². The predicted octanol–water partition coefficient (Wildman–Crippen LogP) is 6.03. The highest BCUT2D eigenvalue weighted by Crippen LogP contribution is 2.53. The number of benzene rings is 1. The van der Waals surface area contributed by atoms with Gasteiger partial charge in [-0.15, -0.1) is 5.53 Å². The summed E-state index contributed by atoms with van der Waals surface area (Å²) in [5.41, 5.74) is 7.05. The van der Waals surface area contributed by atoms with Gasteiger partial charge in [0.25, 0.3) is 0 Å². The molecule has 42 heavy (non-hydrogen) atoms. The molecule has 1 aliphatic heterocycles. The molecule has 4 rings (SSSR count). The van der Waals surface area contributed by atoms with E-state index in [-0.39, 0.29) is 23.8 Å². The highest BCUT2D eigenvalue weighted by molar-refractivity contribution is 5.99. The number of nitriles is 2. The Labute approximate surface area is 243 Å². The van der Waals surface area contributed by atoms with Crippen LogP contribution in [0.1, 0.15) is 58.6 Å². The van der Waals surface area contributed by atoms with Crippen LogP contribution in [0.25, 0.3) is 10.9 Å². The number of nitrogens with zero attached hydrogens (tertiary/aromatic N) is 5. The summed E-state index contributed by atoms with van der Waals surface area (Å²) in [6, 6.07) is 6.97. The summed E-state index contributed by atoms with van der Waals surface area (Å²) >= 11 is 0. The van der Waals surface area contributed by atoms with Gasteiger partial charge in [-0.2, -0.15) is 23.7 Å². The third kappa shape index (κ3) is 6.19. The van der Waals surface area contributed by atoms with E-state index in [1.165, 1.54) is 12.4 Å². The molecule has 0 bridgehead atoms. The van der Waals surface area contributed by atoms with Crippen LogP contribution in [0.15, 0.2) is 59.1 Å². The maximum Gasteiger partial charge on any atom is 0.413 e. The summed E-state index contributed by atoms with van der Waals surface area (Å²) in [5, 5.41) is 28.0. The zero-order valence-electron chi connectivity index (χ0n) is 24.2. The Morgan fingerprint density at radius 2 is 1.93 bits per heavy atom. The van der Waals surface area contributed by atoms with E-state index in [9.17, 15) is 23.7 Å². The van der Waals surface area contributed by atoms with Gasteiger partial charge in [-0.05, 0) is 49.8 Å². The molecule has 0 unspecified atom stereocenters. The molecule has 220 valence electrons. The second kappa shape index (κ2) is 11.4. The molecular weight excluding hydrogens is 543 g/mol. The predicted molar refractivity (Wildman–Crippen MR) is 158 cm³/mol. The number of hydrogen-bond donors (Lipinski definition) is 4. The van der Waals surface area contributed by atoms with Crippen molar-refractivity contribution >= 4 is 28.5 Å². The molecule has 1 aromatic carbocycles. The van der Waals surface area contributed by atoms with E-state index in [0.717, 1.165) is 10.7 Å². The number of alkyl halides is 3. The molecule has 0 amide bonds. The van der Waals surface area contributed by atoms with Crippen molar-refractivity contribution in [1.29, 1.82) is 10.5 Å². The van der Waals surface area contributed by atoms with Gasteiger partial charge >= 0.3 is 6.18 Å². The van der Waals surface area contributed by atoms with Crippen LogP contribution in [0.4, 0.5) is 24.5 Å². The van der Waals surface area contributed by atoms with Crippen LogP contribution < -0.4 is 21.6 Å². The fourth-order valence-electron chi connectivity index (χ4n) is 4.46. The molecular formula is C30H34F3N9. The minimum atomic E-state index is -4.42. The fourth-order valence-corrected chi connectivity index (χ4v) is 4.46. The maximum absolute atomic E-state index is 13.8. The molecule has 1 aromatic heterocycles. The summed E-state index contributed by atoms with van der Waals surface area (Å²) in [4.78, 5) is 8.76. The average Bonchev–Trinajstić information content (AvgIpc) is 3.63. The zero-order valence-corrected chi connectivity index (χ0v) is 24.2. The van der Waals surface area contributed by atoms with Gasteiger partial charge in [0.1, 0.15) is 12.1 Å². The van der Waals surface area contributed by atoms with Crippen LogP contribution in [-0.2, 0) is 0 Å². The van der Waals surface area contributed by atoms with Crippen LogP contribution in [-0.4, -0.2) is 40.5 Å². The van der Waals surface area contributed by atoms with E-state index in [1.54, 1.807) is 18.3 Å². The lowest BCUT2D eigenvalue weighted by atomic mass is 9.96. The Kier molecular flexibility index (Phi) is 8.24. The molecule has 1 fully saturated rings. The fraction of sp³-hybridized carbons (Fsp3) is 0.400. The number of rotatable bonds is 9. The Morgan fingerprint density at radius 3 is 2.50 bits per heavy atom. The van der Waals surface area contributed by atoms with E-state index in [0.29, 0.717) is 45.7 Å². The Hall–Kier alpha value is -4.55. The standard InChI is InChI=1S/C30H34F3N9/c1-7-19(3)36-14-18(2)25(24-16-42(41-40-24)29(8-9-29)30(31,32)33)39-22-10-20(12-34)26-23(11-22)27(21(13-35)15-37-26)38-17-28(4,5)6/h7,10-11,14-16,25,39-41H,2,8-9,17H2,1,3-6H3,(H,37,38)/b19-7-,36-14-/t25-/m0/s1. The number of nitrogens with one attached hydrogen (secondary N) is 4. The Morgan fingerprint density at radius 1 is 1.24 bits per heavy atom. The summed E-state index contributed by atoms with van der Waals surface area (Å²) in [7, 11) is 0. The highest BCUT2D eigenvalue weighted by atomic mass is 19.4. The second-order valence-corrected chi connectivity index (χ2v) is 11.7. The van der Waals surface area contributed by atoms with Gasteiger partial charge in [-0.25, -0.2) is 0 Å². The number of halogens is 3. The first-order valence-electron chi connectivity index (χ1n) is 13.5. The molecule has 4 N–H and O–H groups in total. The van der Waals surface area contributed by atoms with Crippen LogP contribution in [0.3, 0.4) is 0 Å². The topological polar surface area (TPSA) is 124 Å². The van der Waals surface area contributed by atoms with Crippen LogP contribution >= 0.6 is 0 Å². The van der Waals surface area contributed by atoms with Gasteiger partial charge in [0.15, 0.2) is 5.54 Å². The first-order valence-corrected chi connectivity index (χ1v) is 13.5. The largest absolute Gasteiger partial charge is 0.413 e. The Balaban J connectivity index is 1.79. The van der Waals surface area contributed by atoms with Gasteiger partial charge in [0, 0.05) is 41.9 Å². The number of allylic oxidation sites excluding steroid dienone is 2. The lowest BCUT2D eigenvalue weighted by Crippen LogP contribution is -2.52. The number of fused-ring (bicyclic) bond motifs is 1. The van der Waals surface area contributed by atoms with Gasteiger partial charge < -0.3 is 16.1 Å². The number of aromatic nitrogens is 1. The van der Waals surface area contributed by atoms with Crippen molar-refractivity contribution in [2.75, 3.05) is 17.2 Å². The molecule has 2 aliphatic rings. The van der Waals surface area contributed by atoms with Crippen LogP contribution in [0.5, 0.6) is 0 Å². The van der Waals surface area contributed by atoms with Crippen molar-refractivity contribution in [3.05, 3.63) is 65.3 Å². The van der Waals surface area contributed by atoms with Gasteiger partial charge in [0.2, 0.25) is 0 Å². The minimum absolute atomic E-state index is 0.0231. The zero-order chi connectivity index (χ0) is 30.9. The van der Waals surface area contributed by atoms with Crippen LogP contribution in [0, 0.1) is 28.1 Å². The third-order valence-corrected chi connectivity index (χ3v) is 7.15. The van der Waals surface area contributed by atoms with Crippen molar-refractivity contribution < 1.29 is 13.2 Å². The maximum atomic E-state index is 13.8. The number of hydrazine groups is 2. The quantitative estimate of drug-likeness (QED) is 0.267. The summed E-state index contributed by atoms with van der Waals surface area (Å²) in [5.74, 6) is 0. The smallest absolute Gasteiger partial charge is 0.383 e. The molecule has 0 saturated heterocycles. The van der Waals surface area contributed by atoms with Crippen molar-refractivity contribution in [2.24, 2.45) is 10.4 Å². The molecule has 2 heterocycles. The summed E-state index contributed by atoms with van der Waals surface area (Å²) < 4.78 is 41.5. The van der Waals surface area contributed by atoms with Crippen molar-refractivity contribution in [2.45, 2.75) is 65.2 Å². The normalized spacial score (nSPS) is 17.3. The third-order valence-electron chi connectivity index (χ3n) is 7.15. The van der Waals surface area contributed by atoms with Crippen molar-refractivity contribution in [1.82, 2.24) is 21.0 Å². The van der Waals surface area contributed by atoms with Gasteiger partial charge in [0.05, 0.1) is 34.1 Å². The minimum Gasteiger partial charge on any atom is -0.383 e. The lowest BCUT2D eigenvalue weighted by molar-refractivity contribution is -0.195. The average molecular weight is 578 g/mol. The number of pyridine rings is 1. The number of aliphatic imine (C=N–C) groups is 1. The molecule has 2 aromatic rings. The SMILES string of the molecule is C=C(/C=N\C(C)=C/C)[C@H](Nc1cc(C#N)c2ncc(C#N)c(NCC(C)(C)C)c2c1)C1=CN(C2(C(F)(F)F)CC2)NN1. The second-order valence-electron chi connectivity index (χ2n) is 11.7. The number of hydrogen-bond acceptors (Lipinski definition) is 9. The molecule has 0 radical (unpaired) electrons. The van der Waals surface area contributed by atoms with E-state index >= 15 is 0 Å². The molecule has 1 saturated carbocycles. The molecule has 1 aliphatic carbocycles. The monoisotopic (exact) mass is 577 g/mol. The molecule has 0 spiro atoms. The first kappa shape index (κ1) is 30.4. The van der Waals surface area contributed by atoms with E-state index in [4.69, 9.17) is 0 Å². The molecule has 12 heteroatoms. The van der Waals surface area contributed by atoms with E-state index in [2.05, 4.69) is 71.1 Å². The first-order chi connectivity index (χ1) is 19.7. The van der Waals surface area contributed by atoms with E-state index in [1.807, 2.05) is 19.9 Å². The highest BCUT2D eigenvalue weighted by Gasteiger charge is 2.67. The Bertz CT molecular complexity index is 1560. The molecule has 1 atom stereocenters.